The van der Waals surface area contributed by atoms with E-state index in [0.717, 1.165) is 5.56 Å². The van der Waals surface area contributed by atoms with Crippen LogP contribution in [0.2, 0.25) is 10.0 Å². The Morgan fingerprint density at radius 2 is 1.95 bits per heavy atom. The first-order chi connectivity index (χ1) is 9.38. The van der Waals surface area contributed by atoms with Crippen LogP contribution in [0.4, 0.5) is 5.69 Å². The number of hydrogen-bond acceptors (Lipinski definition) is 2. The Morgan fingerprint density at radius 3 is 2.60 bits per heavy atom. The average molecular weight is 395 g/mol. The highest BCUT2D eigenvalue weighted by Gasteiger charge is 2.15. The van der Waals surface area contributed by atoms with Crippen molar-refractivity contribution >= 4 is 55.8 Å². The van der Waals surface area contributed by atoms with Gasteiger partial charge in [-0.15, -0.1) is 0 Å². The molecule has 0 aromatic heterocycles. The van der Waals surface area contributed by atoms with E-state index in [-0.39, 0.29) is 15.7 Å². The molecule has 3 nitrogen and oxygen atoms in total. The van der Waals surface area contributed by atoms with Crippen LogP contribution in [0.3, 0.4) is 0 Å². The highest BCUT2D eigenvalue weighted by atomic mass is 79.9. The van der Waals surface area contributed by atoms with Gasteiger partial charge >= 0.3 is 0 Å². The molecule has 0 spiro atoms. The number of rotatable bonds is 3. The van der Waals surface area contributed by atoms with Gasteiger partial charge in [0.2, 0.25) is 0 Å². The summed E-state index contributed by atoms with van der Waals surface area (Å²) in [4.78, 5) is 0.207. The fraction of sp³-hybridized carbons (Fsp3) is 0.0769. The molecule has 2 N–H and O–H groups in total. The monoisotopic (exact) mass is 393 g/mol. The Bertz CT molecular complexity index is 694. The quantitative estimate of drug-likeness (QED) is 0.777. The number of aryl methyl sites for hydroxylation is 1. The molecule has 0 saturated carbocycles. The predicted octanol–water partition coefficient (Wildman–Crippen LogP) is 4.90. The Hall–Kier alpha value is -0.750. The zero-order valence-corrected chi connectivity index (χ0v) is 14.2. The maximum Gasteiger partial charge on any atom is 0.154 e. The van der Waals surface area contributed by atoms with Gasteiger partial charge in [0.05, 0.1) is 5.02 Å². The van der Waals surface area contributed by atoms with E-state index in [0.29, 0.717) is 15.2 Å². The lowest BCUT2D eigenvalue weighted by molar-refractivity contribution is 0.461. The third kappa shape index (κ3) is 3.47. The normalized spacial score (nSPS) is 12.2. The molecule has 1 unspecified atom stereocenters. The molecule has 0 heterocycles. The van der Waals surface area contributed by atoms with E-state index < -0.39 is 11.0 Å². The minimum absolute atomic E-state index is 0.136. The molecule has 7 heteroatoms. The fourth-order valence-electron chi connectivity index (χ4n) is 1.58. The van der Waals surface area contributed by atoms with Crippen molar-refractivity contribution in [3.8, 4) is 5.75 Å². The number of phenolic OH excluding ortho intramolecular Hbond substituents is 1. The van der Waals surface area contributed by atoms with Crippen LogP contribution in [0.15, 0.2) is 39.7 Å². The summed E-state index contributed by atoms with van der Waals surface area (Å²) in [6.45, 7) is 1.85. The summed E-state index contributed by atoms with van der Waals surface area (Å²) < 4.78 is 15.8. The smallest absolute Gasteiger partial charge is 0.154 e. The van der Waals surface area contributed by atoms with E-state index in [2.05, 4.69) is 20.7 Å². The number of nitrogens with one attached hydrogen (secondary N) is 1. The van der Waals surface area contributed by atoms with Gasteiger partial charge < -0.3 is 9.83 Å². The summed E-state index contributed by atoms with van der Waals surface area (Å²) in [6, 6.07) is 8.27. The predicted molar refractivity (Wildman–Crippen MR) is 87.0 cm³/mol. The molecule has 0 saturated heterocycles. The summed E-state index contributed by atoms with van der Waals surface area (Å²) in [5.74, 6) is -0.202. The lowest BCUT2D eigenvalue weighted by atomic mass is 10.2. The van der Waals surface area contributed by atoms with Crippen LogP contribution in [-0.4, -0.2) is 9.32 Å². The first-order valence-corrected chi connectivity index (χ1v) is 8.21. The highest BCUT2D eigenvalue weighted by Crippen LogP contribution is 2.34. The van der Waals surface area contributed by atoms with Gasteiger partial charge in [-0.05, 0) is 42.8 Å². The average Bonchev–Trinajstić information content (AvgIpc) is 2.37. The number of anilines is 1. The van der Waals surface area contributed by atoms with E-state index in [1.807, 2.05) is 6.92 Å². The first kappa shape index (κ1) is 15.6. The van der Waals surface area contributed by atoms with Gasteiger partial charge in [-0.2, -0.15) is 0 Å². The van der Waals surface area contributed by atoms with Crippen LogP contribution in [0.5, 0.6) is 5.75 Å². The molecule has 0 fully saturated rings. The third-order valence-corrected chi connectivity index (χ3v) is 4.68. The Labute approximate surface area is 137 Å². The molecule has 0 bridgehead atoms. The van der Waals surface area contributed by atoms with Gasteiger partial charge in [-0.25, -0.2) is 4.21 Å². The maximum absolute atomic E-state index is 12.3. The third-order valence-electron chi connectivity index (χ3n) is 2.58. The van der Waals surface area contributed by atoms with E-state index in [4.69, 9.17) is 23.2 Å². The number of benzene rings is 2. The lowest BCUT2D eigenvalue weighted by Gasteiger charge is -2.11. The van der Waals surface area contributed by atoms with Crippen LogP contribution in [0.25, 0.3) is 0 Å². The molecule has 0 aliphatic carbocycles. The summed E-state index contributed by atoms with van der Waals surface area (Å²) >= 11 is 15.0. The molecule has 0 aliphatic heterocycles. The van der Waals surface area contributed by atoms with Crippen molar-refractivity contribution in [2.45, 2.75) is 11.8 Å². The molecule has 2 aromatic carbocycles. The van der Waals surface area contributed by atoms with Gasteiger partial charge in [0.1, 0.15) is 4.90 Å². The van der Waals surface area contributed by atoms with Crippen LogP contribution >= 0.6 is 39.1 Å². The summed E-state index contributed by atoms with van der Waals surface area (Å²) in [5.41, 5.74) is 1.52. The topological polar surface area (TPSA) is 49.3 Å². The Balaban J connectivity index is 2.33. The molecule has 0 aliphatic rings. The van der Waals surface area contributed by atoms with Crippen LogP contribution in [-0.2, 0) is 11.0 Å². The van der Waals surface area contributed by atoms with E-state index >= 15 is 0 Å². The summed E-state index contributed by atoms with van der Waals surface area (Å²) in [6.07, 6.45) is 0. The second-order valence-electron chi connectivity index (χ2n) is 4.06. The van der Waals surface area contributed by atoms with Gasteiger partial charge in [0.25, 0.3) is 0 Å². The van der Waals surface area contributed by atoms with Gasteiger partial charge in [0.15, 0.2) is 16.7 Å². The minimum Gasteiger partial charge on any atom is -0.505 e. The molecular formula is C13H10BrCl2NO2S. The van der Waals surface area contributed by atoms with Gasteiger partial charge in [0, 0.05) is 15.2 Å². The second kappa shape index (κ2) is 6.35. The van der Waals surface area contributed by atoms with Crippen molar-refractivity contribution in [3.05, 3.63) is 50.4 Å². The molecule has 0 amide bonds. The van der Waals surface area contributed by atoms with Crippen molar-refractivity contribution in [1.82, 2.24) is 0 Å². The molecule has 2 aromatic rings. The van der Waals surface area contributed by atoms with E-state index in [1.165, 1.54) is 6.07 Å². The fourth-order valence-corrected chi connectivity index (χ4v) is 3.88. The van der Waals surface area contributed by atoms with Gasteiger partial charge in [-0.3, -0.25) is 0 Å². The molecule has 1 atom stereocenters. The number of hydrogen-bond donors (Lipinski definition) is 2. The molecular weight excluding hydrogens is 385 g/mol. The van der Waals surface area contributed by atoms with Crippen LogP contribution < -0.4 is 4.72 Å². The number of halogens is 3. The van der Waals surface area contributed by atoms with Crippen molar-refractivity contribution in [2.75, 3.05) is 4.72 Å². The second-order valence-corrected chi connectivity index (χ2v) is 7.01. The maximum atomic E-state index is 12.3. The number of phenols is 1. The molecule has 2 rings (SSSR count). The zero-order chi connectivity index (χ0) is 14.9. The lowest BCUT2D eigenvalue weighted by Crippen LogP contribution is -2.06. The van der Waals surface area contributed by atoms with E-state index in [1.54, 1.807) is 24.3 Å². The highest BCUT2D eigenvalue weighted by molar-refractivity contribution is 9.10. The van der Waals surface area contributed by atoms with E-state index in [9.17, 15) is 9.32 Å². The largest absolute Gasteiger partial charge is 0.505 e. The molecule has 0 radical (unpaired) electrons. The van der Waals surface area contributed by atoms with Crippen molar-refractivity contribution in [2.24, 2.45) is 0 Å². The Morgan fingerprint density at radius 1 is 1.25 bits per heavy atom. The van der Waals surface area contributed by atoms with Crippen LogP contribution in [0.1, 0.15) is 5.56 Å². The van der Waals surface area contributed by atoms with Gasteiger partial charge in [-0.1, -0.05) is 39.1 Å². The van der Waals surface area contributed by atoms with Crippen molar-refractivity contribution < 1.29 is 9.32 Å². The Kier molecular flexibility index (Phi) is 4.96. The first-order valence-electron chi connectivity index (χ1n) is 5.51. The SMILES string of the molecule is Cc1cc(Cl)ccc1NS(=O)c1cc(Br)cc(Cl)c1O. The molecule has 20 heavy (non-hydrogen) atoms. The van der Waals surface area contributed by atoms with Crippen molar-refractivity contribution in [3.63, 3.8) is 0 Å². The molecule has 106 valence electrons. The number of aromatic hydroxyl groups is 1. The summed E-state index contributed by atoms with van der Waals surface area (Å²) in [7, 11) is -1.64. The zero-order valence-electron chi connectivity index (χ0n) is 10.3. The van der Waals surface area contributed by atoms with Crippen LogP contribution in [0, 0.1) is 6.92 Å². The summed E-state index contributed by atoms with van der Waals surface area (Å²) in [5, 5.41) is 10.6. The standard InChI is InChI=1S/C13H10BrCl2NO2S/c1-7-4-9(15)2-3-11(7)17-20(19)12-6-8(14)5-10(16)13(12)18/h2-6,17-18H,1H3. The minimum atomic E-state index is -1.64. The van der Waals surface area contributed by atoms with Crippen molar-refractivity contribution in [1.29, 1.82) is 0 Å².